The van der Waals surface area contributed by atoms with Gasteiger partial charge in [-0.1, -0.05) is 15.9 Å². The highest BCUT2D eigenvalue weighted by Crippen LogP contribution is 2.33. The van der Waals surface area contributed by atoms with E-state index in [1.807, 2.05) is 0 Å². The second-order valence-electron chi connectivity index (χ2n) is 5.11. The maximum Gasteiger partial charge on any atom is 0.327 e. The Morgan fingerprint density at radius 3 is 2.17 bits per heavy atom. The van der Waals surface area contributed by atoms with Crippen LogP contribution < -0.4 is 25.6 Å². The number of hydrazine groups is 1. The molecule has 0 aliphatic carbocycles. The third-order valence-corrected chi connectivity index (χ3v) is 3.58. The van der Waals surface area contributed by atoms with Crippen molar-refractivity contribution in [1.82, 2.24) is 16.2 Å². The molecule has 1 aromatic carbocycles. The zero-order valence-electron chi connectivity index (χ0n) is 13.9. The van der Waals surface area contributed by atoms with Gasteiger partial charge in [0.05, 0.1) is 20.6 Å². The predicted molar refractivity (Wildman–Crippen MR) is 90.5 cm³/mol. The molecule has 0 unspecified atom stereocenters. The van der Waals surface area contributed by atoms with Gasteiger partial charge in [-0.2, -0.15) is 0 Å². The SMILES string of the molecule is COc1cc(Br)c(CC(=O)NNC(=O)C(=O)NC(C)C)cc1OC. The van der Waals surface area contributed by atoms with E-state index in [1.165, 1.54) is 14.2 Å². The van der Waals surface area contributed by atoms with Gasteiger partial charge in [-0.05, 0) is 31.5 Å². The van der Waals surface area contributed by atoms with E-state index < -0.39 is 17.7 Å². The number of ether oxygens (including phenoxy) is 2. The Balaban J connectivity index is 2.65. The molecule has 0 saturated heterocycles. The van der Waals surface area contributed by atoms with E-state index in [-0.39, 0.29) is 12.5 Å². The quantitative estimate of drug-likeness (QED) is 0.496. The predicted octanol–water partition coefficient (Wildman–Crippen LogP) is 0.681. The van der Waals surface area contributed by atoms with Gasteiger partial charge < -0.3 is 14.8 Å². The molecule has 8 nitrogen and oxygen atoms in total. The highest BCUT2D eigenvalue weighted by molar-refractivity contribution is 9.10. The van der Waals surface area contributed by atoms with Crippen molar-refractivity contribution in [1.29, 1.82) is 0 Å². The number of hydrogen-bond acceptors (Lipinski definition) is 5. The highest BCUT2D eigenvalue weighted by Gasteiger charge is 2.16. The van der Waals surface area contributed by atoms with E-state index in [2.05, 4.69) is 32.1 Å². The van der Waals surface area contributed by atoms with Crippen LogP contribution in [0.15, 0.2) is 16.6 Å². The Bertz CT molecular complexity index is 634. The van der Waals surface area contributed by atoms with Crippen molar-refractivity contribution < 1.29 is 23.9 Å². The van der Waals surface area contributed by atoms with Crippen molar-refractivity contribution in [2.45, 2.75) is 26.3 Å². The molecular weight excluding hydrogens is 382 g/mol. The summed E-state index contributed by atoms with van der Waals surface area (Å²) in [6, 6.07) is 3.15. The lowest BCUT2D eigenvalue weighted by atomic mass is 10.1. The number of nitrogens with one attached hydrogen (secondary N) is 3. The Kier molecular flexibility index (Phi) is 7.50. The van der Waals surface area contributed by atoms with Crippen molar-refractivity contribution in [2.75, 3.05) is 14.2 Å². The van der Waals surface area contributed by atoms with Gasteiger partial charge in [0.1, 0.15) is 0 Å². The van der Waals surface area contributed by atoms with Gasteiger partial charge in [0.25, 0.3) is 0 Å². The number of carbonyl (C=O) groups is 3. The maximum atomic E-state index is 11.9. The van der Waals surface area contributed by atoms with Gasteiger partial charge in [0.2, 0.25) is 5.91 Å². The molecule has 0 bridgehead atoms. The molecule has 0 fully saturated rings. The first-order valence-electron chi connectivity index (χ1n) is 7.08. The van der Waals surface area contributed by atoms with Crippen LogP contribution in [0.2, 0.25) is 0 Å². The summed E-state index contributed by atoms with van der Waals surface area (Å²) in [6.07, 6.45) is -0.0347. The van der Waals surface area contributed by atoms with Crippen LogP contribution in [0.25, 0.3) is 0 Å². The number of carbonyl (C=O) groups excluding carboxylic acids is 3. The summed E-state index contributed by atoms with van der Waals surface area (Å²) in [6.45, 7) is 3.44. The molecule has 1 aromatic rings. The van der Waals surface area contributed by atoms with Crippen molar-refractivity contribution in [2.24, 2.45) is 0 Å². The van der Waals surface area contributed by atoms with Crippen molar-refractivity contribution >= 4 is 33.7 Å². The van der Waals surface area contributed by atoms with E-state index in [0.29, 0.717) is 21.5 Å². The Morgan fingerprint density at radius 2 is 1.62 bits per heavy atom. The van der Waals surface area contributed by atoms with Crippen LogP contribution in [0.4, 0.5) is 0 Å². The van der Waals surface area contributed by atoms with Gasteiger partial charge in [-0.3, -0.25) is 25.2 Å². The summed E-state index contributed by atoms with van der Waals surface area (Å²) < 4.78 is 11.0. The van der Waals surface area contributed by atoms with E-state index in [0.717, 1.165) is 0 Å². The molecule has 0 aliphatic rings. The molecule has 0 radical (unpaired) electrons. The average Bonchev–Trinajstić information content (AvgIpc) is 2.53. The molecule has 0 saturated carbocycles. The number of amides is 3. The number of hydrogen-bond donors (Lipinski definition) is 3. The normalized spacial score (nSPS) is 10.1. The molecule has 0 atom stereocenters. The zero-order chi connectivity index (χ0) is 18.3. The van der Waals surface area contributed by atoms with Crippen LogP contribution in [-0.4, -0.2) is 38.0 Å². The first-order valence-corrected chi connectivity index (χ1v) is 7.87. The number of rotatable bonds is 5. The second kappa shape index (κ2) is 9.11. The fourth-order valence-corrected chi connectivity index (χ4v) is 2.22. The maximum absolute atomic E-state index is 11.9. The minimum absolute atomic E-state index is 0.0347. The molecule has 132 valence electrons. The molecule has 9 heteroatoms. The molecule has 0 aromatic heterocycles. The van der Waals surface area contributed by atoms with Crippen LogP contribution in [0.5, 0.6) is 11.5 Å². The van der Waals surface area contributed by atoms with Crippen LogP contribution in [0.1, 0.15) is 19.4 Å². The highest BCUT2D eigenvalue weighted by atomic mass is 79.9. The van der Waals surface area contributed by atoms with Crippen LogP contribution >= 0.6 is 15.9 Å². The van der Waals surface area contributed by atoms with E-state index >= 15 is 0 Å². The molecule has 0 aliphatic heterocycles. The minimum Gasteiger partial charge on any atom is -0.493 e. The monoisotopic (exact) mass is 401 g/mol. The summed E-state index contributed by atoms with van der Waals surface area (Å²) in [4.78, 5) is 34.8. The number of halogens is 1. The van der Waals surface area contributed by atoms with Gasteiger partial charge in [0.15, 0.2) is 11.5 Å². The fraction of sp³-hybridized carbons (Fsp3) is 0.400. The van der Waals surface area contributed by atoms with E-state index in [4.69, 9.17) is 9.47 Å². The van der Waals surface area contributed by atoms with E-state index in [9.17, 15) is 14.4 Å². The summed E-state index contributed by atoms with van der Waals surface area (Å²) in [5, 5.41) is 2.41. The first-order chi connectivity index (χ1) is 11.3. The average molecular weight is 402 g/mol. The third-order valence-electron chi connectivity index (χ3n) is 2.85. The van der Waals surface area contributed by atoms with Crippen LogP contribution in [0.3, 0.4) is 0 Å². The Hall–Kier alpha value is -2.29. The minimum atomic E-state index is -0.941. The summed E-state index contributed by atoms with van der Waals surface area (Å²) in [5.74, 6) is -1.26. The van der Waals surface area contributed by atoms with Crippen LogP contribution in [-0.2, 0) is 20.8 Å². The summed E-state index contributed by atoms with van der Waals surface area (Å²) in [5.41, 5.74) is 4.87. The molecular formula is C15H20BrN3O5. The third kappa shape index (κ3) is 5.73. The van der Waals surface area contributed by atoms with Gasteiger partial charge in [-0.25, -0.2) is 0 Å². The molecule has 24 heavy (non-hydrogen) atoms. The lowest BCUT2D eigenvalue weighted by Crippen LogP contribution is -2.50. The Morgan fingerprint density at radius 1 is 1.04 bits per heavy atom. The molecule has 0 heterocycles. The lowest BCUT2D eigenvalue weighted by Gasteiger charge is -2.12. The largest absolute Gasteiger partial charge is 0.493 e. The summed E-state index contributed by atoms with van der Waals surface area (Å²) in [7, 11) is 3.00. The molecule has 3 N–H and O–H groups in total. The number of benzene rings is 1. The molecule has 0 spiro atoms. The van der Waals surface area contributed by atoms with Crippen LogP contribution in [0, 0.1) is 0 Å². The first kappa shape index (κ1) is 19.8. The Labute approximate surface area is 148 Å². The van der Waals surface area contributed by atoms with Crippen molar-refractivity contribution in [3.8, 4) is 11.5 Å². The topological polar surface area (TPSA) is 106 Å². The zero-order valence-corrected chi connectivity index (χ0v) is 15.4. The molecule has 1 rings (SSSR count). The van der Waals surface area contributed by atoms with Crippen molar-refractivity contribution in [3.05, 3.63) is 22.2 Å². The van der Waals surface area contributed by atoms with E-state index in [1.54, 1.807) is 26.0 Å². The smallest absolute Gasteiger partial charge is 0.327 e. The number of methoxy groups -OCH3 is 2. The second-order valence-corrected chi connectivity index (χ2v) is 5.96. The van der Waals surface area contributed by atoms with Crippen molar-refractivity contribution in [3.63, 3.8) is 0 Å². The molecule has 3 amide bonds. The van der Waals surface area contributed by atoms with Gasteiger partial charge in [-0.15, -0.1) is 0 Å². The fourth-order valence-electron chi connectivity index (χ4n) is 1.76. The lowest BCUT2D eigenvalue weighted by molar-refractivity contribution is -0.141. The summed E-state index contributed by atoms with van der Waals surface area (Å²) >= 11 is 3.34. The van der Waals surface area contributed by atoms with Gasteiger partial charge in [0, 0.05) is 10.5 Å². The van der Waals surface area contributed by atoms with Gasteiger partial charge >= 0.3 is 11.8 Å². The standard InChI is InChI=1S/C15H20BrN3O5/c1-8(2)17-14(21)15(22)19-18-13(20)6-9-5-11(23-3)12(24-4)7-10(9)16/h5,7-8H,6H2,1-4H3,(H,17,21)(H,18,20)(H,19,22).